The summed E-state index contributed by atoms with van der Waals surface area (Å²) in [5.41, 5.74) is 7.24. The Labute approximate surface area is 191 Å². The van der Waals surface area contributed by atoms with Crippen LogP contribution in [0, 0.1) is 0 Å². The van der Waals surface area contributed by atoms with E-state index in [1.807, 2.05) is 47.0 Å². The molecule has 0 saturated carbocycles. The van der Waals surface area contributed by atoms with E-state index in [1.54, 1.807) is 12.1 Å². The molecule has 3 aromatic carbocycles. The van der Waals surface area contributed by atoms with Crippen molar-refractivity contribution < 1.29 is 18.0 Å². The summed E-state index contributed by atoms with van der Waals surface area (Å²) in [7, 11) is 0. The summed E-state index contributed by atoms with van der Waals surface area (Å²) in [4.78, 5) is 12.4. The predicted molar refractivity (Wildman–Crippen MR) is 122 cm³/mol. The van der Waals surface area contributed by atoms with Crippen molar-refractivity contribution in [3.05, 3.63) is 84.4 Å². The van der Waals surface area contributed by atoms with E-state index in [1.165, 1.54) is 12.1 Å². The van der Waals surface area contributed by atoms with Crippen molar-refractivity contribution in [2.75, 3.05) is 16.8 Å². The van der Waals surface area contributed by atoms with Crippen LogP contribution in [0.4, 0.5) is 24.5 Å². The van der Waals surface area contributed by atoms with Gasteiger partial charge in [-0.05, 0) is 54.6 Å². The summed E-state index contributed by atoms with van der Waals surface area (Å²) >= 11 is 1.13. The number of thioether (sulfide) groups is 1. The first kappa shape index (κ1) is 22.4. The molecule has 4 rings (SSSR count). The molecule has 0 aliphatic rings. The van der Waals surface area contributed by atoms with Crippen LogP contribution in [0.1, 0.15) is 5.56 Å². The van der Waals surface area contributed by atoms with E-state index in [0.29, 0.717) is 16.7 Å². The van der Waals surface area contributed by atoms with Gasteiger partial charge in [-0.1, -0.05) is 36.0 Å². The van der Waals surface area contributed by atoms with Crippen LogP contribution in [0.25, 0.3) is 17.1 Å². The van der Waals surface area contributed by atoms with Gasteiger partial charge in [-0.25, -0.2) is 0 Å². The van der Waals surface area contributed by atoms with Gasteiger partial charge in [0.25, 0.3) is 0 Å². The topological polar surface area (TPSA) is 85.8 Å². The normalized spacial score (nSPS) is 11.4. The van der Waals surface area contributed by atoms with Crippen LogP contribution in [-0.2, 0) is 11.0 Å². The number of nitrogens with two attached hydrogens (primary N) is 1. The van der Waals surface area contributed by atoms with Crippen LogP contribution in [0.5, 0.6) is 0 Å². The number of hydrogen-bond acceptors (Lipinski definition) is 5. The lowest BCUT2D eigenvalue weighted by atomic mass is 10.2. The van der Waals surface area contributed by atoms with Gasteiger partial charge in [0.05, 0.1) is 11.3 Å². The van der Waals surface area contributed by atoms with Crippen molar-refractivity contribution in [1.82, 2.24) is 14.8 Å². The molecule has 0 aliphatic carbocycles. The number of aromatic nitrogens is 3. The average Bonchev–Trinajstić information content (AvgIpc) is 3.22. The Morgan fingerprint density at radius 3 is 2.39 bits per heavy atom. The Morgan fingerprint density at radius 2 is 1.70 bits per heavy atom. The van der Waals surface area contributed by atoms with Crippen LogP contribution < -0.4 is 11.1 Å². The fraction of sp³-hybridized carbons (Fsp3) is 0.0870. The predicted octanol–water partition coefficient (Wildman–Crippen LogP) is 5.27. The third-order valence-corrected chi connectivity index (χ3v) is 5.55. The lowest BCUT2D eigenvalue weighted by Gasteiger charge is -2.11. The molecule has 0 saturated heterocycles. The Morgan fingerprint density at radius 1 is 0.970 bits per heavy atom. The zero-order valence-electron chi connectivity index (χ0n) is 17.1. The number of rotatable bonds is 6. The molecule has 0 bridgehead atoms. The molecule has 0 atom stereocenters. The zero-order chi connectivity index (χ0) is 23.4. The Hall–Kier alpha value is -3.79. The second kappa shape index (κ2) is 9.37. The molecular weight excluding hydrogens is 451 g/mol. The first-order valence-corrected chi connectivity index (χ1v) is 10.8. The molecule has 168 valence electrons. The second-order valence-electron chi connectivity index (χ2n) is 7.01. The largest absolute Gasteiger partial charge is 0.416 e. The van der Waals surface area contributed by atoms with Crippen molar-refractivity contribution in [2.24, 2.45) is 0 Å². The highest BCUT2D eigenvalue weighted by Gasteiger charge is 2.30. The summed E-state index contributed by atoms with van der Waals surface area (Å²) in [5, 5.41) is 11.5. The Kier molecular flexibility index (Phi) is 6.36. The summed E-state index contributed by atoms with van der Waals surface area (Å²) in [6.45, 7) is 0. The van der Waals surface area contributed by atoms with E-state index in [2.05, 4.69) is 15.5 Å². The number of nitrogens with one attached hydrogen (secondary N) is 1. The van der Waals surface area contributed by atoms with Gasteiger partial charge in [-0.2, -0.15) is 13.2 Å². The van der Waals surface area contributed by atoms with Crippen molar-refractivity contribution >= 4 is 29.0 Å². The highest BCUT2D eigenvalue weighted by Crippen LogP contribution is 2.31. The highest BCUT2D eigenvalue weighted by atomic mass is 32.2. The molecule has 33 heavy (non-hydrogen) atoms. The Balaban J connectivity index is 1.55. The van der Waals surface area contributed by atoms with Gasteiger partial charge in [0, 0.05) is 22.6 Å². The number of alkyl halides is 3. The maximum atomic E-state index is 12.9. The minimum atomic E-state index is -4.49. The fourth-order valence-electron chi connectivity index (χ4n) is 3.09. The van der Waals surface area contributed by atoms with Gasteiger partial charge in [0.15, 0.2) is 11.0 Å². The number of nitrogen functional groups attached to an aromatic ring is 1. The third-order valence-electron chi connectivity index (χ3n) is 4.62. The number of carbonyl (C=O) groups excluding carboxylic acids is 1. The number of hydrogen-bond donors (Lipinski definition) is 2. The van der Waals surface area contributed by atoms with E-state index >= 15 is 0 Å². The van der Waals surface area contributed by atoms with Crippen LogP contribution >= 0.6 is 11.8 Å². The molecule has 3 N–H and O–H groups in total. The number of anilines is 2. The lowest BCUT2D eigenvalue weighted by molar-refractivity contribution is -0.137. The summed E-state index contributed by atoms with van der Waals surface area (Å²) < 4.78 is 40.5. The fourth-order valence-corrected chi connectivity index (χ4v) is 3.84. The van der Waals surface area contributed by atoms with Crippen LogP contribution in [-0.4, -0.2) is 26.4 Å². The number of carbonyl (C=O) groups is 1. The molecule has 1 aromatic heterocycles. The average molecular weight is 469 g/mol. The van der Waals surface area contributed by atoms with Crippen LogP contribution in [0.15, 0.2) is 84.0 Å². The lowest BCUT2D eigenvalue weighted by Crippen LogP contribution is -2.15. The molecule has 1 amide bonds. The second-order valence-corrected chi connectivity index (χ2v) is 7.96. The van der Waals surface area contributed by atoms with Gasteiger partial charge < -0.3 is 11.1 Å². The summed E-state index contributed by atoms with van der Waals surface area (Å²) in [6.07, 6.45) is -4.49. The van der Waals surface area contributed by atoms with Crippen molar-refractivity contribution in [3.63, 3.8) is 0 Å². The van der Waals surface area contributed by atoms with E-state index in [4.69, 9.17) is 5.73 Å². The third kappa shape index (κ3) is 5.35. The number of benzene rings is 3. The smallest absolute Gasteiger partial charge is 0.399 e. The molecule has 0 fully saturated rings. The maximum Gasteiger partial charge on any atom is 0.416 e. The number of amides is 1. The van der Waals surface area contributed by atoms with Gasteiger partial charge in [-0.3, -0.25) is 9.36 Å². The minimum Gasteiger partial charge on any atom is -0.399 e. The van der Waals surface area contributed by atoms with Gasteiger partial charge in [0.1, 0.15) is 0 Å². The monoisotopic (exact) mass is 469 g/mol. The molecule has 1 heterocycles. The van der Waals surface area contributed by atoms with E-state index < -0.39 is 17.6 Å². The zero-order valence-corrected chi connectivity index (χ0v) is 17.9. The summed E-state index contributed by atoms with van der Waals surface area (Å²) in [6, 6.07) is 21.1. The van der Waals surface area contributed by atoms with E-state index in [9.17, 15) is 18.0 Å². The van der Waals surface area contributed by atoms with Gasteiger partial charge >= 0.3 is 6.18 Å². The van der Waals surface area contributed by atoms with Crippen molar-refractivity contribution in [1.29, 1.82) is 0 Å². The molecule has 6 nitrogen and oxygen atoms in total. The minimum absolute atomic E-state index is 0.0665. The molecule has 0 radical (unpaired) electrons. The van der Waals surface area contributed by atoms with Gasteiger partial charge in [0.2, 0.25) is 5.91 Å². The molecule has 4 aromatic rings. The quantitative estimate of drug-likeness (QED) is 0.297. The molecule has 0 spiro atoms. The van der Waals surface area contributed by atoms with E-state index in [0.717, 1.165) is 35.1 Å². The van der Waals surface area contributed by atoms with Crippen LogP contribution in [0.3, 0.4) is 0 Å². The maximum absolute atomic E-state index is 12.9. The number of para-hydroxylation sites is 1. The van der Waals surface area contributed by atoms with Crippen LogP contribution in [0.2, 0.25) is 0 Å². The van der Waals surface area contributed by atoms with Crippen molar-refractivity contribution in [3.8, 4) is 17.1 Å². The van der Waals surface area contributed by atoms with Crippen molar-refractivity contribution in [2.45, 2.75) is 11.3 Å². The number of nitrogens with zero attached hydrogens (tertiary/aromatic N) is 3. The SMILES string of the molecule is Nc1ccc(-c2nnc(SCC(=O)Nc3cccc(C(F)(F)F)c3)n2-c2ccccc2)cc1. The summed E-state index contributed by atoms with van der Waals surface area (Å²) in [5.74, 6) is 0.0427. The Bertz CT molecular complexity index is 1260. The number of halogens is 3. The molecule has 10 heteroatoms. The highest BCUT2D eigenvalue weighted by molar-refractivity contribution is 7.99. The molecule has 0 aliphatic heterocycles. The first-order chi connectivity index (χ1) is 15.8. The standard InChI is InChI=1S/C23H18F3N5OS/c24-23(25,26)16-5-4-6-18(13-16)28-20(32)14-33-22-30-29-21(15-9-11-17(27)12-10-15)31(22)19-7-2-1-3-8-19/h1-13H,14,27H2,(H,28,32). The molecule has 0 unspecified atom stereocenters. The molecular formula is C23H18F3N5OS. The van der Waals surface area contributed by atoms with Gasteiger partial charge in [-0.15, -0.1) is 10.2 Å². The van der Waals surface area contributed by atoms with E-state index in [-0.39, 0.29) is 11.4 Å². The first-order valence-electron chi connectivity index (χ1n) is 9.78.